The summed E-state index contributed by atoms with van der Waals surface area (Å²) < 4.78 is 5.68. The van der Waals surface area contributed by atoms with Crippen LogP contribution in [0, 0.1) is 0 Å². The number of amides is 2. The lowest BCUT2D eigenvalue weighted by molar-refractivity contribution is 0.107. The van der Waals surface area contributed by atoms with Crippen molar-refractivity contribution in [3.63, 3.8) is 0 Å². The van der Waals surface area contributed by atoms with Crippen LogP contribution >= 0.6 is 0 Å². The van der Waals surface area contributed by atoms with E-state index in [1.807, 2.05) is 30.3 Å². The van der Waals surface area contributed by atoms with Gasteiger partial charge in [-0.25, -0.2) is 4.79 Å². The number of piperidine rings is 1. The van der Waals surface area contributed by atoms with Crippen molar-refractivity contribution in [1.29, 1.82) is 0 Å². The fraction of sp³-hybridized carbons (Fsp3) is 0.438. The summed E-state index contributed by atoms with van der Waals surface area (Å²) >= 11 is 0. The van der Waals surface area contributed by atoms with Crippen LogP contribution in [0.25, 0.3) is 11.0 Å². The van der Waals surface area contributed by atoms with Gasteiger partial charge in [0.05, 0.1) is 19.2 Å². The quantitative estimate of drug-likeness (QED) is 0.912. The number of carbonyl (C=O) groups excluding carboxylic acids is 1. The molecule has 0 radical (unpaired) electrons. The summed E-state index contributed by atoms with van der Waals surface area (Å²) in [5, 5.41) is 13.3. The predicted octanol–water partition coefficient (Wildman–Crippen LogP) is 2.49. The Morgan fingerprint density at radius 1 is 1.38 bits per heavy atom. The number of fused-ring (bicyclic) bond motifs is 1. The lowest BCUT2D eigenvalue weighted by atomic mass is 10.0. The zero-order chi connectivity index (χ0) is 14.7. The van der Waals surface area contributed by atoms with Crippen LogP contribution in [0.2, 0.25) is 0 Å². The molecule has 5 nitrogen and oxygen atoms in total. The van der Waals surface area contributed by atoms with Crippen LogP contribution in [-0.2, 0) is 6.54 Å². The Hall–Kier alpha value is -2.01. The molecule has 2 N–H and O–H groups in total. The number of aliphatic hydroxyl groups excluding tert-OH is 1. The molecule has 1 atom stereocenters. The molecule has 2 heterocycles. The second-order valence-electron chi connectivity index (χ2n) is 5.43. The fourth-order valence-electron chi connectivity index (χ4n) is 2.85. The van der Waals surface area contributed by atoms with E-state index < -0.39 is 0 Å². The topological polar surface area (TPSA) is 65.7 Å². The number of urea groups is 1. The van der Waals surface area contributed by atoms with Crippen molar-refractivity contribution in [3.8, 4) is 0 Å². The standard InChI is InChI=1S/C16H20N2O3/c19-11-13-6-3-4-8-18(13)16(20)17-10-14-9-12-5-1-2-7-15(12)21-14/h1-2,5,7,9,13,19H,3-4,6,8,10-11H2,(H,17,20)/t13-/m0/s1. The van der Waals surface area contributed by atoms with Crippen molar-refractivity contribution in [2.45, 2.75) is 31.8 Å². The van der Waals surface area contributed by atoms with E-state index in [1.54, 1.807) is 4.90 Å². The van der Waals surface area contributed by atoms with Gasteiger partial charge >= 0.3 is 6.03 Å². The van der Waals surface area contributed by atoms with Gasteiger partial charge in [0, 0.05) is 11.9 Å². The molecule has 1 fully saturated rings. The van der Waals surface area contributed by atoms with Gasteiger partial charge in [-0.05, 0) is 31.4 Å². The minimum Gasteiger partial charge on any atom is -0.459 e. The average molecular weight is 288 g/mol. The molecule has 0 bridgehead atoms. The van der Waals surface area contributed by atoms with Gasteiger partial charge in [-0.1, -0.05) is 18.2 Å². The molecule has 112 valence electrons. The molecular weight excluding hydrogens is 268 g/mol. The molecule has 2 aromatic rings. The van der Waals surface area contributed by atoms with E-state index in [-0.39, 0.29) is 18.7 Å². The number of likely N-dealkylation sites (tertiary alicyclic amines) is 1. The summed E-state index contributed by atoms with van der Waals surface area (Å²) in [7, 11) is 0. The minimum absolute atomic E-state index is 0.0259. The summed E-state index contributed by atoms with van der Waals surface area (Å²) in [6, 6.07) is 9.52. The van der Waals surface area contributed by atoms with Crippen LogP contribution in [0.3, 0.4) is 0 Å². The zero-order valence-corrected chi connectivity index (χ0v) is 11.9. The number of carbonyl (C=O) groups is 1. The van der Waals surface area contributed by atoms with Gasteiger partial charge in [-0.3, -0.25) is 0 Å². The van der Waals surface area contributed by atoms with Gasteiger partial charge in [0.15, 0.2) is 0 Å². The Kier molecular flexibility index (Phi) is 4.10. The van der Waals surface area contributed by atoms with E-state index in [0.29, 0.717) is 13.1 Å². The van der Waals surface area contributed by atoms with Crippen molar-refractivity contribution < 1.29 is 14.3 Å². The summed E-state index contributed by atoms with van der Waals surface area (Å²) in [4.78, 5) is 13.9. The number of hydrogen-bond acceptors (Lipinski definition) is 3. The van der Waals surface area contributed by atoms with Crippen molar-refractivity contribution in [1.82, 2.24) is 10.2 Å². The molecule has 1 aromatic heterocycles. The van der Waals surface area contributed by atoms with Gasteiger partial charge in [0.1, 0.15) is 11.3 Å². The molecule has 21 heavy (non-hydrogen) atoms. The van der Waals surface area contributed by atoms with E-state index in [1.165, 1.54) is 0 Å². The van der Waals surface area contributed by atoms with Gasteiger partial charge in [-0.2, -0.15) is 0 Å². The second-order valence-corrected chi connectivity index (χ2v) is 5.43. The number of nitrogens with zero attached hydrogens (tertiary/aromatic N) is 1. The molecule has 0 saturated carbocycles. The van der Waals surface area contributed by atoms with E-state index in [9.17, 15) is 9.90 Å². The predicted molar refractivity (Wildman–Crippen MR) is 79.9 cm³/mol. The maximum Gasteiger partial charge on any atom is 0.318 e. The van der Waals surface area contributed by atoms with Crippen molar-refractivity contribution >= 4 is 17.0 Å². The van der Waals surface area contributed by atoms with Crippen molar-refractivity contribution in [2.75, 3.05) is 13.2 Å². The normalized spacial score (nSPS) is 18.9. The van der Waals surface area contributed by atoms with Crippen molar-refractivity contribution in [2.24, 2.45) is 0 Å². The first kappa shape index (κ1) is 13.9. The zero-order valence-electron chi connectivity index (χ0n) is 11.9. The fourth-order valence-corrected chi connectivity index (χ4v) is 2.85. The Morgan fingerprint density at radius 2 is 2.24 bits per heavy atom. The van der Waals surface area contributed by atoms with Gasteiger partial charge < -0.3 is 19.7 Å². The average Bonchev–Trinajstić information content (AvgIpc) is 2.95. The van der Waals surface area contributed by atoms with Crippen LogP contribution in [0.15, 0.2) is 34.7 Å². The maximum absolute atomic E-state index is 12.2. The summed E-state index contributed by atoms with van der Waals surface area (Å²) in [5.41, 5.74) is 0.827. The Morgan fingerprint density at radius 3 is 3.05 bits per heavy atom. The lowest BCUT2D eigenvalue weighted by Gasteiger charge is -2.34. The number of para-hydroxylation sites is 1. The first-order valence-corrected chi connectivity index (χ1v) is 7.40. The highest BCUT2D eigenvalue weighted by molar-refractivity contribution is 5.78. The molecule has 0 aliphatic carbocycles. The minimum atomic E-state index is -0.130. The molecule has 1 aliphatic rings. The van der Waals surface area contributed by atoms with Crippen LogP contribution in [0.4, 0.5) is 4.79 Å². The number of nitrogens with one attached hydrogen (secondary N) is 1. The third-order valence-electron chi connectivity index (χ3n) is 3.99. The molecule has 3 rings (SSSR count). The summed E-state index contributed by atoms with van der Waals surface area (Å²) in [6.07, 6.45) is 2.93. The first-order valence-electron chi connectivity index (χ1n) is 7.40. The summed E-state index contributed by atoms with van der Waals surface area (Å²) in [6.45, 7) is 1.09. The van der Waals surface area contributed by atoms with Crippen molar-refractivity contribution in [3.05, 3.63) is 36.1 Å². The lowest BCUT2D eigenvalue weighted by Crippen LogP contribution is -2.49. The van der Waals surface area contributed by atoms with Gasteiger partial charge in [0.25, 0.3) is 0 Å². The highest BCUT2D eigenvalue weighted by Crippen LogP contribution is 2.19. The number of benzene rings is 1. The third-order valence-corrected chi connectivity index (χ3v) is 3.99. The van der Waals surface area contributed by atoms with Crippen LogP contribution in [-0.4, -0.2) is 35.2 Å². The number of hydrogen-bond donors (Lipinski definition) is 2. The van der Waals surface area contributed by atoms with Crippen LogP contribution in [0.5, 0.6) is 0 Å². The number of rotatable bonds is 3. The molecule has 0 unspecified atom stereocenters. The number of aliphatic hydroxyl groups is 1. The van der Waals surface area contributed by atoms with Crippen LogP contribution < -0.4 is 5.32 Å². The highest BCUT2D eigenvalue weighted by atomic mass is 16.3. The van der Waals surface area contributed by atoms with E-state index in [0.717, 1.165) is 36.0 Å². The highest BCUT2D eigenvalue weighted by Gasteiger charge is 2.25. The smallest absolute Gasteiger partial charge is 0.318 e. The van der Waals surface area contributed by atoms with E-state index in [4.69, 9.17) is 4.42 Å². The van der Waals surface area contributed by atoms with E-state index in [2.05, 4.69) is 5.32 Å². The SMILES string of the molecule is O=C(NCc1cc2ccccc2o1)N1CCCC[C@H]1CO. The Bertz CT molecular complexity index is 590. The molecular formula is C16H20N2O3. The first-order chi connectivity index (χ1) is 10.3. The monoisotopic (exact) mass is 288 g/mol. The third kappa shape index (κ3) is 3.03. The molecule has 5 heteroatoms. The largest absolute Gasteiger partial charge is 0.459 e. The van der Waals surface area contributed by atoms with E-state index >= 15 is 0 Å². The number of furan rings is 1. The van der Waals surface area contributed by atoms with Gasteiger partial charge in [0.2, 0.25) is 0 Å². The van der Waals surface area contributed by atoms with Crippen LogP contribution in [0.1, 0.15) is 25.0 Å². The molecule has 0 spiro atoms. The Labute approximate surface area is 123 Å². The molecule has 1 aliphatic heterocycles. The second kappa shape index (κ2) is 6.18. The maximum atomic E-state index is 12.2. The molecule has 1 saturated heterocycles. The van der Waals surface area contributed by atoms with Gasteiger partial charge in [-0.15, -0.1) is 0 Å². The molecule has 2 amide bonds. The Balaban J connectivity index is 1.62. The summed E-state index contributed by atoms with van der Waals surface area (Å²) in [5.74, 6) is 0.738. The molecule has 1 aromatic carbocycles.